The number of carbonyl (C=O) groups is 3. The number of hydrogen-bond acceptors (Lipinski definition) is 7. The van der Waals surface area contributed by atoms with Crippen LogP contribution in [0, 0.1) is 17.3 Å². The van der Waals surface area contributed by atoms with Gasteiger partial charge in [-0.3, -0.25) is 9.32 Å². The van der Waals surface area contributed by atoms with Crippen LogP contribution in [-0.2, 0) is 23.4 Å². The Morgan fingerprint density at radius 1 is 1.17 bits per heavy atom. The summed E-state index contributed by atoms with van der Waals surface area (Å²) in [6.45, 7) is 12.7. The van der Waals surface area contributed by atoms with Crippen molar-refractivity contribution in [2.75, 3.05) is 19.7 Å². The molecule has 1 fully saturated rings. The van der Waals surface area contributed by atoms with E-state index in [9.17, 15) is 18.9 Å². The fourth-order valence-electron chi connectivity index (χ4n) is 5.37. The number of nitrogens with zero attached hydrogens (tertiary/aromatic N) is 1. The second-order valence-electron chi connectivity index (χ2n) is 12.3. The number of phosphoric ester groups is 1. The molecule has 3 rings (SSSR count). The normalized spacial score (nSPS) is 19.8. The molecule has 0 aromatic heterocycles. The number of likely N-dealkylation sites (tertiary alicyclic amines) is 1. The summed E-state index contributed by atoms with van der Waals surface area (Å²) in [4.78, 5) is 58.1. The zero-order chi connectivity index (χ0) is 31.6. The Balaban J connectivity index is 1.58. The largest absolute Gasteiger partial charge is 0.510 e. The van der Waals surface area contributed by atoms with Crippen molar-refractivity contribution in [3.8, 4) is 0 Å². The molecular formula is C28H41ClN3O9P. The van der Waals surface area contributed by atoms with Gasteiger partial charge in [-0.1, -0.05) is 57.0 Å². The molecule has 1 aromatic carbocycles. The number of ether oxygens (including phenoxy) is 2. The van der Waals surface area contributed by atoms with Crippen LogP contribution < -0.4 is 10.6 Å². The fourth-order valence-corrected chi connectivity index (χ4v) is 6.03. The predicted octanol–water partition coefficient (Wildman–Crippen LogP) is 4.69. The zero-order valence-corrected chi connectivity index (χ0v) is 26.6. The van der Waals surface area contributed by atoms with Gasteiger partial charge < -0.3 is 34.8 Å². The Morgan fingerprint density at radius 3 is 2.36 bits per heavy atom. The number of urea groups is 1. The lowest BCUT2D eigenvalue weighted by atomic mass is 9.82. The Morgan fingerprint density at radius 2 is 1.79 bits per heavy atom. The molecule has 3 unspecified atom stereocenters. The molecule has 1 aliphatic carbocycles. The van der Waals surface area contributed by atoms with Gasteiger partial charge >= 0.3 is 20.0 Å². The van der Waals surface area contributed by atoms with Crippen molar-refractivity contribution < 1.29 is 42.7 Å². The lowest BCUT2D eigenvalue weighted by molar-refractivity contribution is -0.135. The van der Waals surface area contributed by atoms with Crippen LogP contribution in [0.5, 0.6) is 0 Å². The lowest BCUT2D eigenvalue weighted by Crippen LogP contribution is -2.58. The van der Waals surface area contributed by atoms with Crippen molar-refractivity contribution in [3.63, 3.8) is 0 Å². The summed E-state index contributed by atoms with van der Waals surface area (Å²) in [5.41, 5.74) is 2.09. The minimum Gasteiger partial charge on any atom is -0.431 e. The Kier molecular flexibility index (Phi) is 10.4. The van der Waals surface area contributed by atoms with Gasteiger partial charge in [0.2, 0.25) is 5.91 Å². The molecular weight excluding hydrogens is 589 g/mol. The SMILES string of the molecule is CC(COC(=O)OC(C)(C)NC(=O)NC(C(=O)N1CCC2=C(c3ccc(Cl)cc3)C2C(C)(C)C1)C(C)C)OP(=O)(O)O. The molecule has 3 amide bonds. The number of halogens is 1. The van der Waals surface area contributed by atoms with Crippen LogP contribution in [0.3, 0.4) is 0 Å². The van der Waals surface area contributed by atoms with E-state index in [2.05, 4.69) is 29.0 Å². The molecule has 1 aromatic rings. The van der Waals surface area contributed by atoms with Crippen molar-refractivity contribution in [1.82, 2.24) is 15.5 Å². The first-order valence-corrected chi connectivity index (χ1v) is 15.7. The highest BCUT2D eigenvalue weighted by atomic mass is 35.5. The van der Waals surface area contributed by atoms with Crippen molar-refractivity contribution in [2.24, 2.45) is 17.3 Å². The molecule has 1 saturated heterocycles. The lowest BCUT2D eigenvalue weighted by Gasteiger charge is -2.35. The van der Waals surface area contributed by atoms with E-state index in [0.29, 0.717) is 18.1 Å². The molecule has 0 bridgehead atoms. The van der Waals surface area contributed by atoms with Gasteiger partial charge in [0.25, 0.3) is 0 Å². The van der Waals surface area contributed by atoms with E-state index >= 15 is 0 Å². The predicted molar refractivity (Wildman–Crippen MR) is 156 cm³/mol. The number of benzene rings is 1. The van der Waals surface area contributed by atoms with Crippen LogP contribution in [0.4, 0.5) is 9.59 Å². The Bertz CT molecular complexity index is 1260. The number of fused-ring (bicyclic) bond motifs is 1. The molecule has 0 saturated carbocycles. The first-order valence-electron chi connectivity index (χ1n) is 13.8. The second kappa shape index (κ2) is 12.9. The third-order valence-corrected chi connectivity index (χ3v) is 8.01. The molecule has 2 aliphatic rings. The fraction of sp³-hybridized carbons (Fsp3) is 0.607. The number of phosphoric acid groups is 1. The molecule has 4 N–H and O–H groups in total. The first kappa shape index (κ1) is 33.9. The third kappa shape index (κ3) is 9.18. The minimum atomic E-state index is -4.74. The van der Waals surface area contributed by atoms with Gasteiger partial charge in [-0.2, -0.15) is 0 Å². The number of amides is 3. The molecule has 0 spiro atoms. The van der Waals surface area contributed by atoms with Gasteiger partial charge in [-0.05, 0) is 61.8 Å². The van der Waals surface area contributed by atoms with E-state index in [1.54, 1.807) is 0 Å². The molecule has 14 heteroatoms. The summed E-state index contributed by atoms with van der Waals surface area (Å²) in [5, 5.41) is 5.92. The van der Waals surface area contributed by atoms with Crippen molar-refractivity contribution >= 4 is 43.1 Å². The van der Waals surface area contributed by atoms with Crippen LogP contribution in [-0.4, -0.2) is 70.3 Å². The average molecular weight is 630 g/mol. The molecule has 0 radical (unpaired) electrons. The van der Waals surface area contributed by atoms with E-state index in [-0.39, 0.29) is 23.2 Å². The summed E-state index contributed by atoms with van der Waals surface area (Å²) in [6.07, 6.45) is -1.53. The maximum atomic E-state index is 13.7. The van der Waals surface area contributed by atoms with E-state index < -0.39 is 44.5 Å². The highest BCUT2D eigenvalue weighted by Gasteiger charge is 2.50. The third-order valence-electron chi connectivity index (χ3n) is 7.12. The monoisotopic (exact) mass is 629 g/mol. The summed E-state index contributed by atoms with van der Waals surface area (Å²) in [7, 11) is -4.74. The number of nitrogens with one attached hydrogen (secondary N) is 2. The molecule has 3 atom stereocenters. The number of carbonyl (C=O) groups excluding carboxylic acids is 3. The van der Waals surface area contributed by atoms with Crippen LogP contribution in [0.1, 0.15) is 60.5 Å². The van der Waals surface area contributed by atoms with E-state index in [4.69, 9.17) is 30.9 Å². The van der Waals surface area contributed by atoms with Gasteiger partial charge in [0.1, 0.15) is 18.8 Å². The van der Waals surface area contributed by atoms with Crippen LogP contribution in [0.2, 0.25) is 5.02 Å². The minimum absolute atomic E-state index is 0.194. The van der Waals surface area contributed by atoms with Crippen LogP contribution in [0.15, 0.2) is 29.8 Å². The van der Waals surface area contributed by atoms with E-state index in [1.807, 2.05) is 43.0 Å². The topological polar surface area (TPSA) is 164 Å². The summed E-state index contributed by atoms with van der Waals surface area (Å²) in [6, 6.07) is 6.28. The van der Waals surface area contributed by atoms with Crippen LogP contribution >= 0.6 is 19.4 Å². The van der Waals surface area contributed by atoms with Crippen molar-refractivity contribution in [1.29, 1.82) is 0 Å². The van der Waals surface area contributed by atoms with Crippen molar-refractivity contribution in [2.45, 2.75) is 72.8 Å². The molecule has 1 heterocycles. The molecule has 12 nitrogen and oxygen atoms in total. The van der Waals surface area contributed by atoms with E-state index in [1.165, 1.54) is 31.9 Å². The van der Waals surface area contributed by atoms with Gasteiger partial charge in [0, 0.05) is 24.0 Å². The molecule has 234 valence electrons. The summed E-state index contributed by atoms with van der Waals surface area (Å²) in [5.74, 6) is -0.146. The highest BCUT2D eigenvalue weighted by Crippen LogP contribution is 2.59. The quantitative estimate of drug-likeness (QED) is 0.163. The molecule has 1 aliphatic heterocycles. The van der Waals surface area contributed by atoms with Gasteiger partial charge in [0.05, 0.1) is 0 Å². The summed E-state index contributed by atoms with van der Waals surface area (Å²) < 4.78 is 25.2. The van der Waals surface area contributed by atoms with Gasteiger partial charge in [-0.15, -0.1) is 0 Å². The maximum absolute atomic E-state index is 13.7. The first-order chi connectivity index (χ1) is 19.3. The summed E-state index contributed by atoms with van der Waals surface area (Å²) >= 11 is 6.07. The van der Waals surface area contributed by atoms with Gasteiger partial charge in [-0.25, -0.2) is 14.2 Å². The van der Waals surface area contributed by atoms with Crippen molar-refractivity contribution in [3.05, 3.63) is 40.4 Å². The average Bonchev–Trinajstić information content (AvgIpc) is 3.59. The van der Waals surface area contributed by atoms with Crippen LogP contribution in [0.25, 0.3) is 5.57 Å². The standard InChI is InChI=1S/C28H41ClN3O9P/c1-16(2)23(30-25(34)31-28(6,7)40-26(35)39-14-17(3)41-42(36,37)38)24(33)32-13-12-20-21(22(20)27(4,5)15-32)18-8-10-19(29)11-9-18/h8-11,16-17,22-23H,12-15H2,1-7H3,(H2,30,31,34)(H2,36,37,38). The Labute approximate surface area is 251 Å². The van der Waals surface area contributed by atoms with E-state index in [0.717, 1.165) is 12.0 Å². The second-order valence-corrected chi connectivity index (χ2v) is 13.9. The van der Waals surface area contributed by atoms with Gasteiger partial charge in [0.15, 0.2) is 5.72 Å². The maximum Gasteiger partial charge on any atom is 0.510 e. The smallest absolute Gasteiger partial charge is 0.431 e. The highest BCUT2D eigenvalue weighted by molar-refractivity contribution is 7.46. The zero-order valence-electron chi connectivity index (χ0n) is 25.0. The Hall–Kier alpha value is -2.63. The number of rotatable bonds is 10. The molecule has 42 heavy (non-hydrogen) atoms. The number of hydrogen-bond donors (Lipinski definition) is 4. The number of allylic oxidation sites excluding steroid dienone is 1.